The first-order valence-electron chi connectivity index (χ1n) is 5.91. The summed E-state index contributed by atoms with van der Waals surface area (Å²) in [4.78, 5) is 13.8. The molecule has 0 radical (unpaired) electrons. The Labute approximate surface area is 100 Å². The van der Waals surface area contributed by atoms with Gasteiger partial charge in [-0.25, -0.2) is 0 Å². The van der Waals surface area contributed by atoms with Crippen LogP contribution in [-0.4, -0.2) is 40.6 Å². The largest absolute Gasteiger partial charge is 0.386 e. The fraction of sp³-hybridized carbons (Fsp3) is 0.462. The third-order valence-electron chi connectivity index (χ3n) is 3.44. The van der Waals surface area contributed by atoms with Gasteiger partial charge in [-0.05, 0) is 18.6 Å². The van der Waals surface area contributed by atoms with Crippen molar-refractivity contribution in [2.45, 2.75) is 25.0 Å². The fourth-order valence-electron chi connectivity index (χ4n) is 2.60. The average Bonchev–Trinajstić information content (AvgIpc) is 2.68. The molecular weight excluding hydrogens is 216 g/mol. The molecule has 0 unspecified atom stereocenters. The van der Waals surface area contributed by atoms with Gasteiger partial charge in [-0.15, -0.1) is 0 Å². The van der Waals surface area contributed by atoms with Crippen LogP contribution < -0.4 is 5.32 Å². The van der Waals surface area contributed by atoms with E-state index >= 15 is 0 Å². The van der Waals surface area contributed by atoms with Gasteiger partial charge in [0.1, 0.15) is 6.04 Å². The van der Waals surface area contributed by atoms with Crippen molar-refractivity contribution in [1.82, 2.24) is 4.90 Å². The first kappa shape index (κ1) is 10.6. The molecule has 0 saturated carbocycles. The number of nitrogens with zero attached hydrogens (tertiary/aromatic N) is 1. The summed E-state index contributed by atoms with van der Waals surface area (Å²) >= 11 is 0. The number of amides is 1. The topological polar surface area (TPSA) is 52.6 Å². The molecule has 1 amide bonds. The van der Waals surface area contributed by atoms with E-state index in [9.17, 15) is 9.90 Å². The molecule has 17 heavy (non-hydrogen) atoms. The van der Waals surface area contributed by atoms with Crippen LogP contribution in [0.1, 0.15) is 12.5 Å². The van der Waals surface area contributed by atoms with Gasteiger partial charge in [0.25, 0.3) is 0 Å². The van der Waals surface area contributed by atoms with Crippen LogP contribution in [0.2, 0.25) is 0 Å². The fourth-order valence-corrected chi connectivity index (χ4v) is 2.60. The van der Waals surface area contributed by atoms with E-state index in [0.29, 0.717) is 13.1 Å². The summed E-state index contributed by atoms with van der Waals surface area (Å²) in [5, 5.41) is 12.9. The Kier molecular flexibility index (Phi) is 2.16. The highest BCUT2D eigenvalue weighted by Crippen LogP contribution is 2.28. The van der Waals surface area contributed by atoms with E-state index in [0.717, 1.165) is 12.1 Å². The molecule has 0 aliphatic carbocycles. The van der Waals surface area contributed by atoms with Crippen molar-refractivity contribution in [2.24, 2.45) is 0 Å². The lowest BCUT2D eigenvalue weighted by Crippen LogP contribution is -2.64. The summed E-state index contributed by atoms with van der Waals surface area (Å²) < 4.78 is 0. The molecule has 1 fully saturated rings. The van der Waals surface area contributed by atoms with Gasteiger partial charge in [-0.1, -0.05) is 18.2 Å². The van der Waals surface area contributed by atoms with Crippen molar-refractivity contribution in [1.29, 1.82) is 0 Å². The third-order valence-corrected chi connectivity index (χ3v) is 3.44. The minimum absolute atomic E-state index is 0.0905. The Balaban J connectivity index is 1.67. The Bertz CT molecular complexity index is 437. The minimum Gasteiger partial charge on any atom is -0.386 e. The molecule has 3 rings (SSSR count). The molecule has 1 saturated heterocycles. The van der Waals surface area contributed by atoms with E-state index in [1.54, 1.807) is 11.8 Å². The van der Waals surface area contributed by atoms with Crippen LogP contribution in [0.25, 0.3) is 0 Å². The number of carbonyl (C=O) groups excluding carboxylic acids is 1. The molecule has 1 aromatic carbocycles. The second-order valence-electron chi connectivity index (χ2n) is 5.25. The molecule has 0 bridgehead atoms. The number of benzene rings is 1. The lowest BCUT2D eigenvalue weighted by molar-refractivity contribution is -0.152. The monoisotopic (exact) mass is 232 g/mol. The maximum absolute atomic E-state index is 12.1. The molecule has 2 aliphatic rings. The molecular formula is C13H16N2O2. The van der Waals surface area contributed by atoms with Crippen molar-refractivity contribution in [3.63, 3.8) is 0 Å². The summed E-state index contributed by atoms with van der Waals surface area (Å²) in [6.45, 7) is 2.65. The van der Waals surface area contributed by atoms with Gasteiger partial charge in [0, 0.05) is 12.1 Å². The third kappa shape index (κ3) is 1.78. The second kappa shape index (κ2) is 3.47. The van der Waals surface area contributed by atoms with Crippen molar-refractivity contribution in [3.05, 3.63) is 29.8 Å². The van der Waals surface area contributed by atoms with Gasteiger partial charge in [-0.2, -0.15) is 0 Å². The molecule has 1 aromatic rings. The molecule has 0 spiro atoms. The Morgan fingerprint density at radius 1 is 1.47 bits per heavy atom. The zero-order valence-corrected chi connectivity index (χ0v) is 9.81. The normalized spacial score (nSPS) is 24.8. The van der Waals surface area contributed by atoms with Crippen LogP contribution in [0.5, 0.6) is 0 Å². The standard InChI is InChI=1S/C13H16N2O2/c1-13(17)7-15(8-13)12(16)11-6-9-4-2-3-5-10(9)14-11/h2-5,11,14,17H,6-8H2,1H3/t11-/m0/s1. The second-order valence-corrected chi connectivity index (χ2v) is 5.25. The highest BCUT2D eigenvalue weighted by Gasteiger charge is 2.42. The molecule has 1 atom stereocenters. The number of para-hydroxylation sites is 1. The molecule has 2 heterocycles. The number of likely N-dealkylation sites (tertiary alicyclic amines) is 1. The summed E-state index contributed by atoms with van der Waals surface area (Å²) in [6, 6.07) is 7.83. The molecule has 4 nitrogen and oxygen atoms in total. The maximum Gasteiger partial charge on any atom is 0.245 e. The van der Waals surface area contributed by atoms with Gasteiger partial charge >= 0.3 is 0 Å². The Morgan fingerprint density at radius 2 is 2.18 bits per heavy atom. The molecule has 4 heteroatoms. The van der Waals surface area contributed by atoms with Crippen LogP contribution >= 0.6 is 0 Å². The van der Waals surface area contributed by atoms with Crippen molar-refractivity contribution < 1.29 is 9.90 Å². The van der Waals surface area contributed by atoms with Crippen LogP contribution in [0, 0.1) is 0 Å². The van der Waals surface area contributed by atoms with Crippen LogP contribution in [-0.2, 0) is 11.2 Å². The smallest absolute Gasteiger partial charge is 0.245 e. The summed E-state index contributed by atoms with van der Waals surface area (Å²) in [7, 11) is 0. The van der Waals surface area contributed by atoms with Crippen molar-refractivity contribution in [2.75, 3.05) is 18.4 Å². The van der Waals surface area contributed by atoms with Gasteiger partial charge in [0.05, 0.1) is 18.7 Å². The number of β-amino-alcohol motifs (C(OH)–C–C–N with tert-alkyl or cyclic N) is 1. The summed E-state index contributed by atoms with van der Waals surface area (Å²) in [5.41, 5.74) is 1.55. The molecule has 90 valence electrons. The quantitative estimate of drug-likeness (QED) is 0.746. The number of anilines is 1. The van der Waals surface area contributed by atoms with Crippen LogP contribution in [0.15, 0.2) is 24.3 Å². The van der Waals surface area contributed by atoms with Gasteiger partial charge < -0.3 is 15.3 Å². The molecule has 2 N–H and O–H groups in total. The van der Waals surface area contributed by atoms with Crippen molar-refractivity contribution in [3.8, 4) is 0 Å². The van der Waals surface area contributed by atoms with Gasteiger partial charge in [-0.3, -0.25) is 4.79 Å². The average molecular weight is 232 g/mol. The number of rotatable bonds is 1. The summed E-state index contributed by atoms with van der Waals surface area (Å²) in [6.07, 6.45) is 0.744. The number of aliphatic hydroxyl groups is 1. The van der Waals surface area contributed by atoms with E-state index in [2.05, 4.69) is 5.32 Å². The number of nitrogens with one attached hydrogen (secondary N) is 1. The first-order chi connectivity index (χ1) is 8.05. The molecule has 2 aliphatic heterocycles. The number of carbonyl (C=O) groups is 1. The predicted molar refractivity (Wildman–Crippen MR) is 64.8 cm³/mol. The van der Waals surface area contributed by atoms with E-state index < -0.39 is 5.60 Å². The van der Waals surface area contributed by atoms with Crippen LogP contribution in [0.4, 0.5) is 5.69 Å². The lowest BCUT2D eigenvalue weighted by atomic mass is 9.95. The first-order valence-corrected chi connectivity index (χ1v) is 5.91. The minimum atomic E-state index is -0.693. The number of fused-ring (bicyclic) bond motifs is 1. The van der Waals surface area contributed by atoms with E-state index in [1.807, 2.05) is 24.3 Å². The Morgan fingerprint density at radius 3 is 2.82 bits per heavy atom. The highest BCUT2D eigenvalue weighted by atomic mass is 16.3. The van der Waals surface area contributed by atoms with Crippen LogP contribution in [0.3, 0.4) is 0 Å². The highest BCUT2D eigenvalue weighted by molar-refractivity contribution is 5.88. The van der Waals surface area contributed by atoms with Gasteiger partial charge in [0.2, 0.25) is 5.91 Å². The zero-order chi connectivity index (χ0) is 12.0. The van der Waals surface area contributed by atoms with E-state index in [-0.39, 0.29) is 11.9 Å². The molecule has 0 aromatic heterocycles. The predicted octanol–water partition coefficient (Wildman–Crippen LogP) is 0.616. The van der Waals surface area contributed by atoms with E-state index in [1.165, 1.54) is 5.56 Å². The maximum atomic E-state index is 12.1. The Hall–Kier alpha value is -1.55. The SMILES string of the molecule is CC1(O)CN(C(=O)[C@@H]2Cc3ccccc3N2)C1. The summed E-state index contributed by atoms with van der Waals surface area (Å²) in [5.74, 6) is 0.0905. The van der Waals surface area contributed by atoms with Crippen molar-refractivity contribution >= 4 is 11.6 Å². The van der Waals surface area contributed by atoms with Gasteiger partial charge in [0.15, 0.2) is 0 Å². The zero-order valence-electron chi connectivity index (χ0n) is 9.81. The number of hydrogen-bond acceptors (Lipinski definition) is 3. The van der Waals surface area contributed by atoms with E-state index in [4.69, 9.17) is 0 Å². The number of hydrogen-bond donors (Lipinski definition) is 2. The lowest BCUT2D eigenvalue weighted by Gasteiger charge is -2.45.